The first-order chi connectivity index (χ1) is 25.5. The zero-order chi connectivity index (χ0) is 34.8. The summed E-state index contributed by atoms with van der Waals surface area (Å²) in [6.45, 7) is 4.81. The van der Waals surface area contributed by atoms with Gasteiger partial charge in [-0.25, -0.2) is 0 Å². The first kappa shape index (κ1) is 30.4. The lowest BCUT2D eigenvalue weighted by molar-refractivity contribution is 0.666. The Morgan fingerprint density at radius 1 is 0.423 bits per heavy atom. The van der Waals surface area contributed by atoms with Crippen LogP contribution >= 0.6 is 0 Å². The molecule has 0 saturated heterocycles. The van der Waals surface area contributed by atoms with Crippen molar-refractivity contribution >= 4 is 72.3 Å². The average molecular weight is 664 g/mol. The second kappa shape index (κ2) is 11.8. The van der Waals surface area contributed by atoms with E-state index in [4.69, 9.17) is 0 Å². The van der Waals surface area contributed by atoms with Crippen molar-refractivity contribution in [2.45, 2.75) is 19.3 Å². The largest absolute Gasteiger partial charge is 0.310 e. The number of fused-ring (bicyclic) bond motifs is 9. The zero-order valence-corrected chi connectivity index (χ0v) is 29.3. The van der Waals surface area contributed by atoms with Gasteiger partial charge in [-0.3, -0.25) is 0 Å². The summed E-state index contributed by atoms with van der Waals surface area (Å²) in [4.78, 5) is 2.41. The molecule has 0 bridgehead atoms. The topological polar surface area (TPSA) is 3.24 Å². The van der Waals surface area contributed by atoms with Gasteiger partial charge in [-0.1, -0.05) is 159 Å². The molecule has 0 saturated carbocycles. The van der Waals surface area contributed by atoms with Crippen LogP contribution in [-0.4, -0.2) is 0 Å². The normalized spacial score (nSPS) is 13.3. The second-order valence-corrected chi connectivity index (χ2v) is 14.6. The van der Waals surface area contributed by atoms with E-state index in [0.29, 0.717) is 0 Å². The Morgan fingerprint density at radius 2 is 0.962 bits per heavy atom. The van der Waals surface area contributed by atoms with Crippen LogP contribution in [0.2, 0.25) is 0 Å². The fourth-order valence-electron chi connectivity index (χ4n) is 8.63. The molecule has 0 spiro atoms. The van der Waals surface area contributed by atoms with Crippen molar-refractivity contribution in [3.8, 4) is 11.1 Å². The summed E-state index contributed by atoms with van der Waals surface area (Å²) in [5.74, 6) is 0. The molecule has 0 aromatic heterocycles. The van der Waals surface area contributed by atoms with Crippen LogP contribution < -0.4 is 4.90 Å². The van der Waals surface area contributed by atoms with Gasteiger partial charge in [0.1, 0.15) is 0 Å². The van der Waals surface area contributed by atoms with E-state index in [1.165, 1.54) is 76.5 Å². The Morgan fingerprint density at radius 3 is 1.63 bits per heavy atom. The van der Waals surface area contributed by atoms with Gasteiger partial charge in [0, 0.05) is 22.5 Å². The highest BCUT2D eigenvalue weighted by Crippen LogP contribution is 2.54. The molecule has 9 aromatic rings. The van der Waals surface area contributed by atoms with Crippen LogP contribution in [0.1, 0.15) is 36.1 Å². The Balaban J connectivity index is 1.14. The molecule has 246 valence electrons. The summed E-state index contributed by atoms with van der Waals surface area (Å²) in [6, 6.07) is 64.5. The lowest BCUT2D eigenvalue weighted by atomic mass is 9.79. The van der Waals surface area contributed by atoms with E-state index in [1.807, 2.05) is 0 Å². The van der Waals surface area contributed by atoms with E-state index < -0.39 is 0 Å². The lowest BCUT2D eigenvalue weighted by Gasteiger charge is -2.27. The third kappa shape index (κ3) is 4.85. The van der Waals surface area contributed by atoms with E-state index in [2.05, 4.69) is 207 Å². The van der Waals surface area contributed by atoms with Gasteiger partial charge < -0.3 is 4.90 Å². The Labute approximate surface area is 304 Å². The van der Waals surface area contributed by atoms with Crippen molar-refractivity contribution < 1.29 is 0 Å². The number of anilines is 3. The van der Waals surface area contributed by atoms with Gasteiger partial charge in [-0.15, -0.1) is 0 Å². The van der Waals surface area contributed by atoms with E-state index in [9.17, 15) is 0 Å². The SMILES string of the molecule is CC1(C)c2cc(/C=C/c3ccccc3)c3ccccc3c2-c2ccc3cc(N(c4ccc5ccccc5c4)c4ccc5ccccc5c4)ccc3c21. The molecular formula is C51H37N. The first-order valence-corrected chi connectivity index (χ1v) is 18.2. The highest BCUT2D eigenvalue weighted by molar-refractivity contribution is 6.10. The van der Waals surface area contributed by atoms with Crippen LogP contribution in [-0.2, 0) is 5.41 Å². The summed E-state index contributed by atoms with van der Waals surface area (Å²) in [7, 11) is 0. The molecule has 0 atom stereocenters. The summed E-state index contributed by atoms with van der Waals surface area (Å²) >= 11 is 0. The van der Waals surface area contributed by atoms with Crippen LogP contribution in [0.25, 0.3) is 66.4 Å². The minimum Gasteiger partial charge on any atom is -0.310 e. The van der Waals surface area contributed by atoms with E-state index in [-0.39, 0.29) is 5.41 Å². The molecule has 0 fully saturated rings. The van der Waals surface area contributed by atoms with Crippen LogP contribution in [0, 0.1) is 0 Å². The number of hydrogen-bond acceptors (Lipinski definition) is 1. The molecule has 1 nitrogen and oxygen atoms in total. The van der Waals surface area contributed by atoms with Crippen molar-refractivity contribution in [3.05, 3.63) is 198 Å². The third-order valence-electron chi connectivity index (χ3n) is 11.1. The van der Waals surface area contributed by atoms with Crippen molar-refractivity contribution in [3.63, 3.8) is 0 Å². The minimum absolute atomic E-state index is 0.179. The van der Waals surface area contributed by atoms with Gasteiger partial charge in [0.2, 0.25) is 0 Å². The Bertz CT molecular complexity index is 2800. The van der Waals surface area contributed by atoms with Gasteiger partial charge in [-0.2, -0.15) is 0 Å². The molecule has 0 amide bonds. The second-order valence-electron chi connectivity index (χ2n) is 14.6. The molecule has 1 heteroatoms. The Hall–Kier alpha value is -6.44. The maximum absolute atomic E-state index is 2.44. The first-order valence-electron chi connectivity index (χ1n) is 18.2. The van der Waals surface area contributed by atoms with Crippen molar-refractivity contribution in [2.75, 3.05) is 4.90 Å². The van der Waals surface area contributed by atoms with Crippen LogP contribution in [0.5, 0.6) is 0 Å². The predicted octanol–water partition coefficient (Wildman–Crippen LogP) is 14.2. The molecule has 9 aromatic carbocycles. The molecule has 0 aliphatic heterocycles. The maximum Gasteiger partial charge on any atom is 0.0468 e. The van der Waals surface area contributed by atoms with Crippen LogP contribution in [0.4, 0.5) is 17.1 Å². The molecule has 0 radical (unpaired) electrons. The molecule has 1 aliphatic rings. The smallest absolute Gasteiger partial charge is 0.0468 e. The lowest BCUT2D eigenvalue weighted by Crippen LogP contribution is -2.16. The summed E-state index contributed by atoms with van der Waals surface area (Å²) in [6.07, 6.45) is 4.52. The standard InChI is InChI=1S/C51H37N/c1-51(2)48-33-40(21-20-34-12-4-3-5-13-34)44-18-10-11-19-46(44)49(48)47-28-24-39-32-43(27-29-45(39)50(47)51)52(41-25-22-35-14-6-8-16-37(35)30-41)42-26-23-36-15-7-9-17-38(36)31-42/h3-33H,1-2H3/b21-20+. The molecule has 1 aliphatic carbocycles. The van der Waals surface area contributed by atoms with Crippen LogP contribution in [0.3, 0.4) is 0 Å². The number of nitrogens with zero attached hydrogens (tertiary/aromatic N) is 1. The molecule has 0 unspecified atom stereocenters. The molecule has 10 rings (SSSR count). The van der Waals surface area contributed by atoms with E-state index in [0.717, 1.165) is 17.1 Å². The van der Waals surface area contributed by atoms with Gasteiger partial charge in [-0.05, 0) is 119 Å². The van der Waals surface area contributed by atoms with Crippen molar-refractivity contribution in [2.24, 2.45) is 0 Å². The number of rotatable bonds is 5. The number of hydrogen-bond donors (Lipinski definition) is 0. The third-order valence-corrected chi connectivity index (χ3v) is 11.1. The van der Waals surface area contributed by atoms with Crippen molar-refractivity contribution in [1.82, 2.24) is 0 Å². The summed E-state index contributed by atoms with van der Waals surface area (Å²) in [5, 5.41) is 10.1. The number of benzene rings is 9. The summed E-state index contributed by atoms with van der Waals surface area (Å²) < 4.78 is 0. The molecule has 0 N–H and O–H groups in total. The zero-order valence-electron chi connectivity index (χ0n) is 29.3. The fourth-order valence-corrected chi connectivity index (χ4v) is 8.63. The van der Waals surface area contributed by atoms with Crippen molar-refractivity contribution in [1.29, 1.82) is 0 Å². The highest BCUT2D eigenvalue weighted by atomic mass is 15.1. The van der Waals surface area contributed by atoms with Gasteiger partial charge in [0.25, 0.3) is 0 Å². The monoisotopic (exact) mass is 663 g/mol. The molecule has 52 heavy (non-hydrogen) atoms. The summed E-state index contributed by atoms with van der Waals surface area (Å²) in [5.41, 5.74) is 11.2. The fraction of sp³-hybridized carbons (Fsp3) is 0.0588. The average Bonchev–Trinajstić information content (AvgIpc) is 3.43. The molecule has 0 heterocycles. The minimum atomic E-state index is -0.179. The van der Waals surface area contributed by atoms with Gasteiger partial charge >= 0.3 is 0 Å². The Kier molecular flexibility index (Phi) is 6.91. The van der Waals surface area contributed by atoms with Gasteiger partial charge in [0.15, 0.2) is 0 Å². The van der Waals surface area contributed by atoms with E-state index >= 15 is 0 Å². The maximum atomic E-state index is 2.44. The predicted molar refractivity (Wildman–Crippen MR) is 224 cm³/mol. The van der Waals surface area contributed by atoms with E-state index in [1.54, 1.807) is 0 Å². The van der Waals surface area contributed by atoms with Crippen LogP contribution in [0.15, 0.2) is 176 Å². The van der Waals surface area contributed by atoms with Gasteiger partial charge in [0.05, 0.1) is 0 Å². The molecular weight excluding hydrogens is 627 g/mol. The quantitative estimate of drug-likeness (QED) is 0.166. The highest BCUT2D eigenvalue weighted by Gasteiger charge is 2.38.